The molecule has 2 rings (SSSR count). The summed E-state index contributed by atoms with van der Waals surface area (Å²) in [4.78, 5) is 27.2. The first kappa shape index (κ1) is 14.8. The second-order valence-electron chi connectivity index (χ2n) is 4.77. The van der Waals surface area contributed by atoms with Gasteiger partial charge in [-0.1, -0.05) is 15.9 Å². The number of rotatable bonds is 1. The fourth-order valence-corrected chi connectivity index (χ4v) is 2.87. The summed E-state index contributed by atoms with van der Waals surface area (Å²) in [5.41, 5.74) is 1.71. The second kappa shape index (κ2) is 6.26. The molecule has 0 N–H and O–H groups in total. The van der Waals surface area contributed by atoms with Crippen molar-refractivity contribution in [2.45, 2.75) is 6.92 Å². The number of hydrogen-bond donors (Lipinski definition) is 0. The highest BCUT2D eigenvalue weighted by molar-refractivity contribution is 9.10. The zero-order valence-electron chi connectivity index (χ0n) is 11.6. The normalized spacial score (nSPS) is 15.2. The Morgan fingerprint density at radius 2 is 1.70 bits per heavy atom. The fourth-order valence-electron chi connectivity index (χ4n) is 2.26. The number of carbonyl (C=O) groups is 2. The molecule has 0 saturated carbocycles. The summed E-state index contributed by atoms with van der Waals surface area (Å²) in [6.45, 7) is 4.02. The quantitative estimate of drug-likeness (QED) is 0.788. The van der Waals surface area contributed by atoms with Gasteiger partial charge in [-0.05, 0) is 30.7 Å². The number of ether oxygens (including phenoxy) is 1. The Balaban J connectivity index is 2.03. The van der Waals surface area contributed by atoms with Crippen LogP contribution in [-0.2, 0) is 4.74 Å². The molecule has 0 bridgehead atoms. The topological polar surface area (TPSA) is 49.9 Å². The van der Waals surface area contributed by atoms with Gasteiger partial charge in [0.1, 0.15) is 0 Å². The van der Waals surface area contributed by atoms with E-state index >= 15 is 0 Å². The summed E-state index contributed by atoms with van der Waals surface area (Å²) >= 11 is 3.40. The molecule has 0 radical (unpaired) electrons. The molecule has 0 atom stereocenters. The predicted molar refractivity (Wildman–Crippen MR) is 78.8 cm³/mol. The minimum Gasteiger partial charge on any atom is -0.453 e. The monoisotopic (exact) mass is 340 g/mol. The molecule has 1 aromatic rings. The van der Waals surface area contributed by atoms with E-state index in [-0.39, 0.29) is 12.0 Å². The number of carbonyl (C=O) groups excluding carboxylic acids is 2. The van der Waals surface area contributed by atoms with Gasteiger partial charge in [-0.25, -0.2) is 4.79 Å². The van der Waals surface area contributed by atoms with Gasteiger partial charge < -0.3 is 14.5 Å². The Morgan fingerprint density at radius 3 is 2.25 bits per heavy atom. The van der Waals surface area contributed by atoms with Crippen LogP contribution in [0.1, 0.15) is 15.9 Å². The highest BCUT2D eigenvalue weighted by Crippen LogP contribution is 2.17. The van der Waals surface area contributed by atoms with Gasteiger partial charge in [0.05, 0.1) is 7.11 Å². The summed E-state index contributed by atoms with van der Waals surface area (Å²) in [7, 11) is 1.37. The molecule has 108 valence electrons. The summed E-state index contributed by atoms with van der Waals surface area (Å²) in [5, 5.41) is 0. The molecule has 1 saturated heterocycles. The van der Waals surface area contributed by atoms with Crippen molar-refractivity contribution in [3.05, 3.63) is 33.8 Å². The molecule has 0 aliphatic carbocycles. The van der Waals surface area contributed by atoms with Crippen molar-refractivity contribution >= 4 is 27.9 Å². The van der Waals surface area contributed by atoms with Crippen molar-refractivity contribution < 1.29 is 14.3 Å². The van der Waals surface area contributed by atoms with E-state index in [2.05, 4.69) is 20.7 Å². The maximum atomic E-state index is 12.4. The lowest BCUT2D eigenvalue weighted by atomic mass is 10.1. The molecule has 1 fully saturated rings. The second-order valence-corrected chi connectivity index (χ2v) is 5.68. The molecule has 1 heterocycles. The number of aryl methyl sites for hydroxylation is 1. The number of piperazine rings is 1. The number of methoxy groups -OCH3 is 1. The first-order valence-corrected chi connectivity index (χ1v) is 7.20. The van der Waals surface area contributed by atoms with E-state index in [1.54, 1.807) is 9.80 Å². The van der Waals surface area contributed by atoms with Crippen molar-refractivity contribution in [1.82, 2.24) is 9.80 Å². The Bertz CT molecular complexity index is 505. The highest BCUT2D eigenvalue weighted by Gasteiger charge is 2.25. The molecule has 0 unspecified atom stereocenters. The first-order valence-electron chi connectivity index (χ1n) is 6.40. The molecule has 1 aromatic carbocycles. The smallest absolute Gasteiger partial charge is 0.409 e. The summed E-state index contributed by atoms with van der Waals surface area (Å²) in [5.74, 6) is -0.00100. The SMILES string of the molecule is COC(=O)N1CCN(C(=O)c2cc(C)cc(Br)c2)CC1. The molecule has 20 heavy (non-hydrogen) atoms. The summed E-state index contributed by atoms with van der Waals surface area (Å²) < 4.78 is 5.58. The molecular weight excluding hydrogens is 324 g/mol. The van der Waals surface area contributed by atoms with E-state index in [0.717, 1.165) is 10.0 Å². The third-order valence-corrected chi connectivity index (χ3v) is 3.75. The van der Waals surface area contributed by atoms with Gasteiger partial charge in [-0.15, -0.1) is 0 Å². The molecule has 1 aliphatic heterocycles. The minimum atomic E-state index is -0.338. The average Bonchev–Trinajstić information content (AvgIpc) is 2.45. The Labute approximate surface area is 126 Å². The van der Waals surface area contributed by atoms with Gasteiger partial charge >= 0.3 is 6.09 Å². The number of hydrogen-bond acceptors (Lipinski definition) is 3. The van der Waals surface area contributed by atoms with E-state index in [1.165, 1.54) is 7.11 Å². The van der Waals surface area contributed by atoms with E-state index < -0.39 is 0 Å². The molecule has 1 aliphatic rings. The van der Waals surface area contributed by atoms with Gasteiger partial charge in [-0.2, -0.15) is 0 Å². The van der Waals surface area contributed by atoms with E-state index in [1.807, 2.05) is 25.1 Å². The number of nitrogens with zero attached hydrogens (tertiary/aromatic N) is 2. The van der Waals surface area contributed by atoms with Crippen LogP contribution in [0.25, 0.3) is 0 Å². The third-order valence-electron chi connectivity index (χ3n) is 3.29. The van der Waals surface area contributed by atoms with Crippen LogP contribution in [0.15, 0.2) is 22.7 Å². The molecule has 6 heteroatoms. The van der Waals surface area contributed by atoms with Gasteiger partial charge in [0.15, 0.2) is 0 Å². The Morgan fingerprint density at radius 1 is 1.10 bits per heavy atom. The number of benzene rings is 1. The molecular formula is C14H17BrN2O3. The van der Waals surface area contributed by atoms with Gasteiger partial charge in [0.25, 0.3) is 5.91 Å². The van der Waals surface area contributed by atoms with Crippen LogP contribution in [-0.4, -0.2) is 55.1 Å². The minimum absolute atomic E-state index is 0.00100. The lowest BCUT2D eigenvalue weighted by Gasteiger charge is -2.33. The highest BCUT2D eigenvalue weighted by atomic mass is 79.9. The van der Waals surface area contributed by atoms with Crippen molar-refractivity contribution in [2.75, 3.05) is 33.3 Å². The van der Waals surface area contributed by atoms with Crippen LogP contribution in [0.3, 0.4) is 0 Å². The molecule has 0 spiro atoms. The van der Waals surface area contributed by atoms with Crippen LogP contribution < -0.4 is 0 Å². The van der Waals surface area contributed by atoms with Crippen LogP contribution in [0, 0.1) is 6.92 Å². The summed E-state index contributed by atoms with van der Waals surface area (Å²) in [6.07, 6.45) is -0.338. The molecule has 2 amide bonds. The van der Waals surface area contributed by atoms with Crippen LogP contribution in [0.2, 0.25) is 0 Å². The molecule has 5 nitrogen and oxygen atoms in total. The van der Waals surface area contributed by atoms with Gasteiger partial charge in [-0.3, -0.25) is 4.79 Å². The lowest BCUT2D eigenvalue weighted by Crippen LogP contribution is -2.50. The number of halogens is 1. The number of amides is 2. The largest absolute Gasteiger partial charge is 0.453 e. The Hall–Kier alpha value is -1.56. The lowest BCUT2D eigenvalue weighted by molar-refractivity contribution is 0.0599. The fraction of sp³-hybridized carbons (Fsp3) is 0.429. The van der Waals surface area contributed by atoms with Crippen molar-refractivity contribution in [3.8, 4) is 0 Å². The zero-order valence-corrected chi connectivity index (χ0v) is 13.1. The zero-order chi connectivity index (χ0) is 14.7. The standard InChI is InChI=1S/C14H17BrN2O3/c1-10-7-11(9-12(15)8-10)13(18)16-3-5-17(6-4-16)14(19)20-2/h7-9H,3-6H2,1-2H3. The van der Waals surface area contributed by atoms with Gasteiger partial charge in [0.2, 0.25) is 0 Å². The third kappa shape index (κ3) is 3.30. The van der Waals surface area contributed by atoms with Crippen molar-refractivity contribution in [1.29, 1.82) is 0 Å². The van der Waals surface area contributed by atoms with Crippen molar-refractivity contribution in [2.24, 2.45) is 0 Å². The summed E-state index contributed by atoms with van der Waals surface area (Å²) in [6, 6.07) is 5.66. The van der Waals surface area contributed by atoms with E-state index in [4.69, 9.17) is 0 Å². The molecule has 0 aromatic heterocycles. The van der Waals surface area contributed by atoms with Gasteiger partial charge in [0, 0.05) is 36.2 Å². The van der Waals surface area contributed by atoms with Crippen LogP contribution in [0.4, 0.5) is 4.79 Å². The average molecular weight is 341 g/mol. The van der Waals surface area contributed by atoms with Crippen LogP contribution in [0.5, 0.6) is 0 Å². The maximum absolute atomic E-state index is 12.4. The van der Waals surface area contributed by atoms with Crippen LogP contribution >= 0.6 is 15.9 Å². The maximum Gasteiger partial charge on any atom is 0.409 e. The van der Waals surface area contributed by atoms with Crippen molar-refractivity contribution in [3.63, 3.8) is 0 Å². The predicted octanol–water partition coefficient (Wildman–Crippen LogP) is 2.28. The first-order chi connectivity index (χ1) is 9.51. The van der Waals surface area contributed by atoms with E-state index in [9.17, 15) is 9.59 Å². The van der Waals surface area contributed by atoms with E-state index in [0.29, 0.717) is 31.7 Å². The Kier molecular flexibility index (Phi) is 4.65.